The minimum Gasteiger partial charge on any atom is -0.478 e. The molecule has 0 spiro atoms. The van der Waals surface area contributed by atoms with Crippen LogP contribution in [0, 0.1) is 6.92 Å². The molecule has 0 saturated carbocycles. The van der Waals surface area contributed by atoms with Crippen molar-refractivity contribution in [2.24, 2.45) is 0 Å². The number of aryl methyl sites for hydroxylation is 1. The molecule has 2 N–H and O–H groups in total. The highest BCUT2D eigenvalue weighted by molar-refractivity contribution is 5.98. The molecular weight excluding hydrogens is 306 g/mol. The van der Waals surface area contributed by atoms with Gasteiger partial charge in [0.2, 0.25) is 0 Å². The summed E-state index contributed by atoms with van der Waals surface area (Å²) >= 11 is 0. The van der Waals surface area contributed by atoms with Gasteiger partial charge in [-0.1, -0.05) is 35.9 Å². The maximum atomic E-state index is 11.8. The third-order valence-corrected chi connectivity index (χ3v) is 5.29. The number of fused-ring (bicyclic) bond motifs is 2. The number of carbonyl (C=O) groups is 2. The van der Waals surface area contributed by atoms with E-state index in [1.54, 1.807) is 0 Å². The molecule has 2 aliphatic rings. The van der Waals surface area contributed by atoms with E-state index in [-0.39, 0.29) is 11.6 Å². The van der Waals surface area contributed by atoms with Crippen LogP contribution in [0.15, 0.2) is 42.0 Å². The standard InChI is InChI=1S/C19H21NO4/c1-12-3-5-13(6-4-12)14-9-15-7-8-19(11-14,20(15)2)16(18(23)24)10-17(21)22/h3-6,10-11,15H,7-9H2,1-2H3,(H,21,22)(H,23,24)/b16-10-. The molecule has 24 heavy (non-hydrogen) atoms. The predicted octanol–water partition coefficient (Wildman–Crippen LogP) is 2.71. The third-order valence-electron chi connectivity index (χ3n) is 5.29. The number of aliphatic carboxylic acids is 2. The van der Waals surface area contributed by atoms with E-state index in [1.807, 2.05) is 49.2 Å². The minimum atomic E-state index is -1.23. The van der Waals surface area contributed by atoms with E-state index in [9.17, 15) is 14.7 Å². The van der Waals surface area contributed by atoms with E-state index in [0.29, 0.717) is 6.42 Å². The number of hydrogen-bond donors (Lipinski definition) is 2. The molecule has 3 rings (SSSR count). The van der Waals surface area contributed by atoms with Crippen LogP contribution in [0.4, 0.5) is 0 Å². The molecule has 2 bridgehead atoms. The van der Waals surface area contributed by atoms with Gasteiger partial charge >= 0.3 is 11.9 Å². The maximum Gasteiger partial charge on any atom is 0.334 e. The van der Waals surface area contributed by atoms with Gasteiger partial charge in [-0.2, -0.15) is 0 Å². The zero-order valence-corrected chi connectivity index (χ0v) is 13.8. The van der Waals surface area contributed by atoms with Crippen LogP contribution < -0.4 is 0 Å². The second-order valence-electron chi connectivity index (χ2n) is 6.67. The highest BCUT2D eigenvalue weighted by Crippen LogP contribution is 2.48. The Morgan fingerprint density at radius 3 is 2.50 bits per heavy atom. The van der Waals surface area contributed by atoms with Gasteiger partial charge in [-0.05, 0) is 44.4 Å². The van der Waals surface area contributed by atoms with Gasteiger partial charge in [0.1, 0.15) is 0 Å². The lowest BCUT2D eigenvalue weighted by molar-refractivity contribution is -0.136. The summed E-state index contributed by atoms with van der Waals surface area (Å²) in [4.78, 5) is 24.9. The van der Waals surface area contributed by atoms with Crippen molar-refractivity contribution in [2.75, 3.05) is 7.05 Å². The van der Waals surface area contributed by atoms with Gasteiger partial charge in [-0.15, -0.1) is 0 Å². The first kappa shape index (κ1) is 16.5. The number of nitrogens with zero attached hydrogens (tertiary/aromatic N) is 1. The summed E-state index contributed by atoms with van der Waals surface area (Å²) in [6.07, 6.45) is 5.13. The Morgan fingerprint density at radius 1 is 1.25 bits per heavy atom. The average Bonchev–Trinajstić information content (AvgIpc) is 2.72. The molecule has 5 heteroatoms. The lowest BCUT2D eigenvalue weighted by atomic mass is 9.82. The van der Waals surface area contributed by atoms with E-state index in [1.165, 1.54) is 5.56 Å². The van der Waals surface area contributed by atoms with E-state index in [2.05, 4.69) is 0 Å². The number of benzene rings is 1. The Balaban J connectivity index is 2.13. The molecule has 2 atom stereocenters. The van der Waals surface area contributed by atoms with Gasteiger partial charge in [-0.3, -0.25) is 4.90 Å². The van der Waals surface area contributed by atoms with Gasteiger partial charge in [-0.25, -0.2) is 9.59 Å². The Labute approximate surface area is 140 Å². The van der Waals surface area contributed by atoms with Gasteiger partial charge in [0.15, 0.2) is 0 Å². The minimum absolute atomic E-state index is 0.0655. The smallest absolute Gasteiger partial charge is 0.334 e. The normalized spacial score (nSPS) is 27.0. The fraction of sp³-hybridized carbons (Fsp3) is 0.368. The zero-order valence-electron chi connectivity index (χ0n) is 13.8. The summed E-state index contributed by atoms with van der Waals surface area (Å²) in [6.45, 7) is 2.02. The van der Waals surface area contributed by atoms with Crippen LogP contribution >= 0.6 is 0 Å². The second-order valence-corrected chi connectivity index (χ2v) is 6.67. The van der Waals surface area contributed by atoms with Crippen molar-refractivity contribution in [3.63, 3.8) is 0 Å². The Morgan fingerprint density at radius 2 is 1.92 bits per heavy atom. The lowest BCUT2D eigenvalue weighted by Crippen LogP contribution is -2.49. The van der Waals surface area contributed by atoms with Crippen LogP contribution in [0.5, 0.6) is 0 Å². The molecule has 0 aliphatic carbocycles. The SMILES string of the molecule is Cc1ccc(C2=CC3(/C(=C\C(=O)O)C(=O)O)CCC(C2)N3C)cc1. The summed E-state index contributed by atoms with van der Waals surface area (Å²) in [6, 6.07) is 8.38. The number of carboxylic acid groups (broad SMARTS) is 2. The largest absolute Gasteiger partial charge is 0.478 e. The molecule has 5 nitrogen and oxygen atoms in total. The molecule has 1 saturated heterocycles. The van der Waals surface area contributed by atoms with Crippen molar-refractivity contribution in [2.45, 2.75) is 37.8 Å². The van der Waals surface area contributed by atoms with Crippen molar-refractivity contribution < 1.29 is 19.8 Å². The lowest BCUT2D eigenvalue weighted by Gasteiger charge is -2.41. The van der Waals surface area contributed by atoms with Gasteiger partial charge < -0.3 is 10.2 Å². The maximum absolute atomic E-state index is 11.8. The van der Waals surface area contributed by atoms with Crippen LogP contribution in [0.25, 0.3) is 5.57 Å². The summed E-state index contributed by atoms with van der Waals surface area (Å²) in [5.41, 5.74) is 2.41. The van der Waals surface area contributed by atoms with Crippen molar-refractivity contribution >= 4 is 17.5 Å². The number of likely N-dealkylation sites (N-methyl/N-ethyl adjacent to an activating group) is 1. The van der Waals surface area contributed by atoms with Crippen molar-refractivity contribution in [3.8, 4) is 0 Å². The highest BCUT2D eigenvalue weighted by Gasteiger charge is 2.50. The molecule has 2 unspecified atom stereocenters. The van der Waals surface area contributed by atoms with Gasteiger partial charge in [0, 0.05) is 12.1 Å². The summed E-state index contributed by atoms with van der Waals surface area (Å²) in [5.74, 6) is -2.40. The van der Waals surface area contributed by atoms with Crippen LogP contribution in [0.2, 0.25) is 0 Å². The van der Waals surface area contributed by atoms with Crippen LogP contribution in [0.3, 0.4) is 0 Å². The molecule has 1 aromatic rings. The Kier molecular flexibility index (Phi) is 4.05. The molecule has 0 amide bonds. The van der Waals surface area contributed by atoms with Gasteiger partial charge in [0.05, 0.1) is 11.1 Å². The number of carboxylic acids is 2. The van der Waals surface area contributed by atoms with E-state index < -0.39 is 17.5 Å². The Hall–Kier alpha value is -2.40. The highest BCUT2D eigenvalue weighted by atomic mass is 16.4. The van der Waals surface area contributed by atoms with E-state index in [0.717, 1.165) is 30.1 Å². The first-order valence-corrected chi connectivity index (χ1v) is 8.03. The molecular formula is C19H21NO4. The Bertz CT molecular complexity index is 747. The summed E-state index contributed by atoms with van der Waals surface area (Å²) < 4.78 is 0. The molecule has 2 heterocycles. The number of rotatable bonds is 4. The fourth-order valence-electron chi connectivity index (χ4n) is 3.96. The van der Waals surface area contributed by atoms with Crippen molar-refractivity contribution in [3.05, 3.63) is 53.1 Å². The molecule has 126 valence electrons. The first-order valence-electron chi connectivity index (χ1n) is 8.03. The topological polar surface area (TPSA) is 77.8 Å². The van der Waals surface area contributed by atoms with E-state index in [4.69, 9.17) is 5.11 Å². The predicted molar refractivity (Wildman–Crippen MR) is 90.6 cm³/mol. The fourth-order valence-corrected chi connectivity index (χ4v) is 3.96. The molecule has 0 aromatic heterocycles. The summed E-state index contributed by atoms with van der Waals surface area (Å²) in [5, 5.41) is 18.7. The van der Waals surface area contributed by atoms with Crippen molar-refractivity contribution in [1.29, 1.82) is 0 Å². The molecule has 1 aromatic carbocycles. The molecule has 1 fully saturated rings. The average molecular weight is 327 g/mol. The monoisotopic (exact) mass is 327 g/mol. The van der Waals surface area contributed by atoms with E-state index >= 15 is 0 Å². The summed E-state index contributed by atoms with van der Waals surface area (Å²) in [7, 11) is 1.89. The van der Waals surface area contributed by atoms with Crippen LogP contribution in [-0.2, 0) is 9.59 Å². The van der Waals surface area contributed by atoms with Crippen LogP contribution in [0.1, 0.15) is 30.4 Å². The second kappa shape index (κ2) is 5.91. The van der Waals surface area contributed by atoms with Crippen LogP contribution in [-0.4, -0.2) is 45.7 Å². The zero-order chi connectivity index (χ0) is 17.5. The van der Waals surface area contributed by atoms with Gasteiger partial charge in [0.25, 0.3) is 0 Å². The molecule has 0 radical (unpaired) electrons. The first-order chi connectivity index (χ1) is 11.3. The number of hydrogen-bond acceptors (Lipinski definition) is 3. The third kappa shape index (κ3) is 2.65. The molecule has 2 aliphatic heterocycles. The van der Waals surface area contributed by atoms with Crippen molar-refractivity contribution in [1.82, 2.24) is 4.90 Å². The quantitative estimate of drug-likeness (QED) is 0.832.